The van der Waals surface area contributed by atoms with Crippen molar-refractivity contribution in [2.75, 3.05) is 12.3 Å². The smallest absolute Gasteiger partial charge is 0.0402 e. The van der Waals surface area contributed by atoms with Crippen LogP contribution >= 0.6 is 0 Å². The summed E-state index contributed by atoms with van der Waals surface area (Å²) in [7, 11) is 0. The van der Waals surface area contributed by atoms with E-state index >= 15 is 0 Å². The number of aliphatic hydroxyl groups excluding tert-OH is 1. The van der Waals surface area contributed by atoms with E-state index in [2.05, 4.69) is 5.92 Å². The van der Waals surface area contributed by atoms with Crippen molar-refractivity contribution in [3.05, 3.63) is 29.8 Å². The van der Waals surface area contributed by atoms with E-state index in [0.29, 0.717) is 0 Å². The second-order valence-corrected chi connectivity index (χ2v) is 2.08. The van der Waals surface area contributed by atoms with Gasteiger partial charge in [0.1, 0.15) is 0 Å². The molecule has 0 amide bonds. The van der Waals surface area contributed by atoms with Crippen LogP contribution in [0.5, 0.6) is 0 Å². The number of hydrogen-bond acceptors (Lipinski definition) is 2. The third kappa shape index (κ3) is 4.37. The molecule has 0 spiro atoms. The molecule has 0 heterocycles. The lowest BCUT2D eigenvalue weighted by Crippen LogP contribution is -1.82. The van der Waals surface area contributed by atoms with Gasteiger partial charge in [0.25, 0.3) is 0 Å². The zero-order valence-corrected chi connectivity index (χ0v) is 7.12. The van der Waals surface area contributed by atoms with Gasteiger partial charge in [0, 0.05) is 17.9 Å². The second kappa shape index (κ2) is 6.26. The minimum Gasteiger partial charge on any atom is -0.399 e. The van der Waals surface area contributed by atoms with E-state index in [1.165, 1.54) is 0 Å². The number of rotatable bonds is 0. The Balaban J connectivity index is 0.000000354. The van der Waals surface area contributed by atoms with E-state index < -0.39 is 0 Å². The van der Waals surface area contributed by atoms with Gasteiger partial charge in [-0.05, 0) is 31.2 Å². The summed E-state index contributed by atoms with van der Waals surface area (Å²) < 4.78 is 0. The standard InChI is InChI=1S/C8H7N.C2H6O/c1-2-7-3-5-8(9)6-4-7;1-2-3/h1,3-6H,9H2;3H,2H2,1H3. The van der Waals surface area contributed by atoms with Crippen LogP contribution in [0.1, 0.15) is 12.5 Å². The average Bonchev–Trinajstić information content (AvgIpc) is 2.07. The number of nitrogen functional groups attached to an aromatic ring is 1. The molecule has 0 saturated heterocycles. The van der Waals surface area contributed by atoms with E-state index in [0.717, 1.165) is 11.3 Å². The van der Waals surface area contributed by atoms with E-state index in [1.54, 1.807) is 19.1 Å². The fraction of sp³-hybridized carbons (Fsp3) is 0.200. The Labute approximate surface area is 73.0 Å². The molecule has 0 unspecified atom stereocenters. The maximum Gasteiger partial charge on any atom is 0.0402 e. The SMILES string of the molecule is C#Cc1ccc(N)cc1.CCO. The molecule has 2 nitrogen and oxygen atoms in total. The van der Waals surface area contributed by atoms with E-state index in [-0.39, 0.29) is 6.61 Å². The van der Waals surface area contributed by atoms with Crippen LogP contribution in [0.3, 0.4) is 0 Å². The van der Waals surface area contributed by atoms with Gasteiger partial charge < -0.3 is 10.8 Å². The summed E-state index contributed by atoms with van der Waals surface area (Å²) in [6.45, 7) is 1.93. The van der Waals surface area contributed by atoms with Gasteiger partial charge in [-0.15, -0.1) is 6.42 Å². The fourth-order valence-electron chi connectivity index (χ4n) is 0.579. The number of terminal acetylenes is 1. The molecule has 0 bridgehead atoms. The van der Waals surface area contributed by atoms with Crippen LogP contribution in [0.4, 0.5) is 5.69 Å². The van der Waals surface area contributed by atoms with Crippen LogP contribution in [0.2, 0.25) is 0 Å². The van der Waals surface area contributed by atoms with E-state index in [9.17, 15) is 0 Å². The Morgan fingerprint density at radius 2 is 1.83 bits per heavy atom. The highest BCUT2D eigenvalue weighted by Crippen LogP contribution is 2.02. The monoisotopic (exact) mass is 163 g/mol. The van der Waals surface area contributed by atoms with Gasteiger partial charge in [-0.25, -0.2) is 0 Å². The van der Waals surface area contributed by atoms with Gasteiger partial charge >= 0.3 is 0 Å². The van der Waals surface area contributed by atoms with Gasteiger partial charge in [-0.3, -0.25) is 0 Å². The summed E-state index contributed by atoms with van der Waals surface area (Å²) >= 11 is 0. The molecule has 0 aliphatic heterocycles. The summed E-state index contributed by atoms with van der Waals surface area (Å²) in [6, 6.07) is 7.20. The molecule has 12 heavy (non-hydrogen) atoms. The number of anilines is 1. The van der Waals surface area contributed by atoms with Crippen molar-refractivity contribution < 1.29 is 5.11 Å². The maximum absolute atomic E-state index is 7.57. The predicted octanol–water partition coefficient (Wildman–Crippen LogP) is 1.25. The molecule has 0 fully saturated rings. The molecule has 0 atom stereocenters. The molecule has 0 saturated carbocycles. The Morgan fingerprint density at radius 3 is 2.17 bits per heavy atom. The number of nitrogens with two attached hydrogens (primary N) is 1. The number of benzene rings is 1. The molecule has 1 rings (SSSR count). The lowest BCUT2D eigenvalue weighted by Gasteiger charge is -1.89. The molecular formula is C10H13NO. The minimum atomic E-state index is 0.250. The van der Waals surface area contributed by atoms with Crippen LogP contribution in [-0.4, -0.2) is 11.7 Å². The van der Waals surface area contributed by atoms with Crippen LogP contribution < -0.4 is 5.73 Å². The molecule has 64 valence electrons. The van der Waals surface area contributed by atoms with Gasteiger partial charge in [0.05, 0.1) is 0 Å². The molecule has 2 heteroatoms. The van der Waals surface area contributed by atoms with Crippen molar-refractivity contribution in [2.45, 2.75) is 6.92 Å². The summed E-state index contributed by atoms with van der Waals surface area (Å²) in [5, 5.41) is 7.57. The molecule has 3 N–H and O–H groups in total. The molecule has 1 aromatic carbocycles. The van der Waals surface area contributed by atoms with Gasteiger partial charge in [-0.2, -0.15) is 0 Å². The van der Waals surface area contributed by atoms with Crippen molar-refractivity contribution in [1.82, 2.24) is 0 Å². The van der Waals surface area contributed by atoms with Gasteiger partial charge in [0.15, 0.2) is 0 Å². The topological polar surface area (TPSA) is 46.2 Å². The van der Waals surface area contributed by atoms with Crippen molar-refractivity contribution >= 4 is 5.69 Å². The minimum absolute atomic E-state index is 0.250. The summed E-state index contributed by atoms with van der Waals surface area (Å²) in [5.41, 5.74) is 7.02. The Kier molecular flexibility index (Phi) is 5.50. The van der Waals surface area contributed by atoms with Gasteiger partial charge in [0.2, 0.25) is 0 Å². The zero-order valence-electron chi connectivity index (χ0n) is 7.12. The summed E-state index contributed by atoms with van der Waals surface area (Å²) in [6.07, 6.45) is 5.11. The fourth-order valence-corrected chi connectivity index (χ4v) is 0.579. The van der Waals surface area contributed by atoms with E-state index in [4.69, 9.17) is 17.3 Å². The van der Waals surface area contributed by atoms with E-state index in [1.807, 2.05) is 12.1 Å². The van der Waals surface area contributed by atoms with Crippen molar-refractivity contribution in [3.63, 3.8) is 0 Å². The maximum atomic E-state index is 7.57. The third-order valence-corrected chi connectivity index (χ3v) is 1.08. The Morgan fingerprint density at radius 1 is 1.42 bits per heavy atom. The van der Waals surface area contributed by atoms with Crippen molar-refractivity contribution in [2.24, 2.45) is 0 Å². The first-order valence-electron chi connectivity index (χ1n) is 3.67. The highest BCUT2D eigenvalue weighted by molar-refractivity contribution is 5.43. The Hall–Kier alpha value is -1.46. The molecule has 1 aromatic rings. The summed E-state index contributed by atoms with van der Waals surface area (Å²) in [5.74, 6) is 2.50. The largest absolute Gasteiger partial charge is 0.399 e. The second-order valence-electron chi connectivity index (χ2n) is 2.08. The molecule has 0 radical (unpaired) electrons. The van der Waals surface area contributed by atoms with Crippen LogP contribution in [0.15, 0.2) is 24.3 Å². The quantitative estimate of drug-likeness (QED) is 0.446. The highest BCUT2D eigenvalue weighted by Gasteiger charge is 1.83. The van der Waals surface area contributed by atoms with Crippen molar-refractivity contribution in [1.29, 1.82) is 0 Å². The first kappa shape index (κ1) is 10.5. The first-order chi connectivity index (χ1) is 5.74. The number of aliphatic hydroxyl groups is 1. The van der Waals surface area contributed by atoms with Gasteiger partial charge in [-0.1, -0.05) is 5.92 Å². The predicted molar refractivity (Wildman–Crippen MR) is 51.5 cm³/mol. The molecular weight excluding hydrogens is 150 g/mol. The first-order valence-corrected chi connectivity index (χ1v) is 3.67. The normalized spacial score (nSPS) is 7.75. The number of hydrogen-bond donors (Lipinski definition) is 2. The molecule has 0 aliphatic rings. The summed E-state index contributed by atoms with van der Waals surface area (Å²) in [4.78, 5) is 0. The molecule has 0 aliphatic carbocycles. The van der Waals surface area contributed by atoms with Crippen LogP contribution in [-0.2, 0) is 0 Å². The lowest BCUT2D eigenvalue weighted by molar-refractivity contribution is 0.318. The van der Waals surface area contributed by atoms with Crippen LogP contribution in [0, 0.1) is 12.3 Å². The van der Waals surface area contributed by atoms with Crippen LogP contribution in [0.25, 0.3) is 0 Å². The zero-order chi connectivity index (χ0) is 9.40. The average molecular weight is 163 g/mol. The highest BCUT2D eigenvalue weighted by atomic mass is 16.2. The Bertz CT molecular complexity index is 246. The lowest BCUT2D eigenvalue weighted by atomic mass is 10.2. The third-order valence-electron chi connectivity index (χ3n) is 1.08. The molecule has 0 aromatic heterocycles. The van der Waals surface area contributed by atoms with Crippen molar-refractivity contribution in [3.8, 4) is 12.3 Å².